The lowest BCUT2D eigenvalue weighted by atomic mass is 10.1. The van der Waals surface area contributed by atoms with E-state index < -0.39 is 11.9 Å². The van der Waals surface area contributed by atoms with Crippen molar-refractivity contribution in [2.45, 2.75) is 6.92 Å². The number of ether oxygens (including phenoxy) is 1. The number of carboxylic acids is 1. The van der Waals surface area contributed by atoms with Crippen LogP contribution < -0.4 is 0 Å². The lowest BCUT2D eigenvalue weighted by Crippen LogP contribution is -2.12. The molecule has 4 heteroatoms. The molecule has 0 aromatic heterocycles. The largest absolute Gasteiger partial charge is 0.478 e. The van der Waals surface area contributed by atoms with Gasteiger partial charge in [0, 0.05) is 0 Å². The molecule has 0 fully saturated rings. The van der Waals surface area contributed by atoms with Crippen LogP contribution in [0.4, 0.5) is 0 Å². The van der Waals surface area contributed by atoms with Crippen molar-refractivity contribution < 1.29 is 19.4 Å². The van der Waals surface area contributed by atoms with Crippen LogP contribution in [0.25, 0.3) is 0 Å². The minimum absolute atomic E-state index is 0.0521. The van der Waals surface area contributed by atoms with Crippen LogP contribution in [0.2, 0.25) is 0 Å². The Bertz CT molecular complexity index is 434. The molecule has 0 saturated heterocycles. The highest BCUT2D eigenvalue weighted by Gasteiger charge is 2.16. The third kappa shape index (κ3) is 2.95. The van der Waals surface area contributed by atoms with Crippen molar-refractivity contribution in [3.05, 3.63) is 47.5 Å². The molecule has 0 aliphatic carbocycles. The Labute approximate surface area is 93.2 Å². The van der Waals surface area contributed by atoms with E-state index in [1.807, 2.05) is 0 Å². The first-order valence-corrected chi connectivity index (χ1v) is 4.66. The van der Waals surface area contributed by atoms with Gasteiger partial charge in [-0.2, -0.15) is 0 Å². The van der Waals surface area contributed by atoms with E-state index in [1.54, 1.807) is 19.1 Å². The number of aromatic carboxylic acids is 1. The summed E-state index contributed by atoms with van der Waals surface area (Å²) in [5.41, 5.74) is 0.687. The monoisotopic (exact) mass is 220 g/mol. The zero-order valence-electron chi connectivity index (χ0n) is 8.90. The minimum Gasteiger partial charge on any atom is -0.478 e. The number of esters is 1. The Morgan fingerprint density at radius 1 is 1.31 bits per heavy atom. The van der Waals surface area contributed by atoms with E-state index in [2.05, 4.69) is 6.58 Å². The molecule has 0 radical (unpaired) electrons. The summed E-state index contributed by atoms with van der Waals surface area (Å²) in [7, 11) is 0. The van der Waals surface area contributed by atoms with Crippen LogP contribution in [0.1, 0.15) is 27.6 Å². The Morgan fingerprint density at radius 2 is 1.88 bits per heavy atom. The summed E-state index contributed by atoms with van der Waals surface area (Å²) in [6, 6.07) is 5.92. The van der Waals surface area contributed by atoms with Gasteiger partial charge in [0.2, 0.25) is 0 Å². The molecule has 0 bridgehead atoms. The van der Waals surface area contributed by atoms with Gasteiger partial charge in [0.1, 0.15) is 6.61 Å². The molecule has 0 aliphatic heterocycles. The molecule has 16 heavy (non-hydrogen) atoms. The molecular weight excluding hydrogens is 208 g/mol. The molecule has 0 spiro atoms. The third-order valence-corrected chi connectivity index (χ3v) is 1.83. The van der Waals surface area contributed by atoms with Gasteiger partial charge in [-0.1, -0.05) is 18.7 Å². The van der Waals surface area contributed by atoms with Gasteiger partial charge in [-0.3, -0.25) is 0 Å². The van der Waals surface area contributed by atoms with Gasteiger partial charge in [-0.05, 0) is 24.6 Å². The van der Waals surface area contributed by atoms with Gasteiger partial charge in [0.05, 0.1) is 11.1 Å². The van der Waals surface area contributed by atoms with Crippen molar-refractivity contribution in [2.75, 3.05) is 6.61 Å². The predicted octanol–water partition coefficient (Wildman–Crippen LogP) is 2.12. The maximum Gasteiger partial charge on any atom is 0.339 e. The van der Waals surface area contributed by atoms with E-state index in [4.69, 9.17) is 9.84 Å². The number of benzene rings is 1. The summed E-state index contributed by atoms with van der Waals surface area (Å²) >= 11 is 0. The molecule has 0 amide bonds. The molecule has 0 saturated carbocycles. The number of carbonyl (C=O) groups excluding carboxylic acids is 1. The molecule has 0 heterocycles. The summed E-state index contributed by atoms with van der Waals surface area (Å²) in [4.78, 5) is 22.4. The van der Waals surface area contributed by atoms with Crippen molar-refractivity contribution in [3.63, 3.8) is 0 Å². The summed E-state index contributed by atoms with van der Waals surface area (Å²) < 4.78 is 4.88. The second kappa shape index (κ2) is 5.11. The van der Waals surface area contributed by atoms with Gasteiger partial charge < -0.3 is 9.84 Å². The second-order valence-corrected chi connectivity index (χ2v) is 3.38. The van der Waals surface area contributed by atoms with E-state index in [9.17, 15) is 9.59 Å². The summed E-state index contributed by atoms with van der Waals surface area (Å²) in [5.74, 6) is -1.80. The van der Waals surface area contributed by atoms with E-state index >= 15 is 0 Å². The Balaban J connectivity index is 2.90. The van der Waals surface area contributed by atoms with Crippen LogP contribution in [-0.4, -0.2) is 23.7 Å². The van der Waals surface area contributed by atoms with E-state index in [1.165, 1.54) is 12.1 Å². The van der Waals surface area contributed by atoms with Crippen molar-refractivity contribution in [2.24, 2.45) is 0 Å². The predicted molar refractivity (Wildman–Crippen MR) is 58.5 cm³/mol. The molecule has 1 aromatic carbocycles. The van der Waals surface area contributed by atoms with Crippen LogP contribution in [-0.2, 0) is 4.74 Å². The van der Waals surface area contributed by atoms with Crippen molar-refractivity contribution in [3.8, 4) is 0 Å². The molecule has 1 N–H and O–H groups in total. The first kappa shape index (κ1) is 12.0. The Hall–Kier alpha value is -2.10. The number of carboxylic acid groups (broad SMARTS) is 1. The number of hydrogen-bond acceptors (Lipinski definition) is 3. The summed E-state index contributed by atoms with van der Waals surface area (Å²) in [5, 5.41) is 8.87. The number of hydrogen-bond donors (Lipinski definition) is 1. The number of carbonyl (C=O) groups is 2. The summed E-state index contributed by atoms with van der Waals surface area (Å²) in [6.45, 7) is 5.39. The van der Waals surface area contributed by atoms with Crippen LogP contribution in [0.3, 0.4) is 0 Å². The molecular formula is C12H12O4. The quantitative estimate of drug-likeness (QED) is 0.623. The van der Waals surface area contributed by atoms with Gasteiger partial charge in [0.25, 0.3) is 0 Å². The average molecular weight is 220 g/mol. The highest BCUT2D eigenvalue weighted by atomic mass is 16.5. The van der Waals surface area contributed by atoms with Gasteiger partial charge >= 0.3 is 11.9 Å². The maximum atomic E-state index is 11.5. The molecule has 1 rings (SSSR count). The van der Waals surface area contributed by atoms with Crippen molar-refractivity contribution in [1.29, 1.82) is 0 Å². The number of rotatable bonds is 4. The SMILES string of the molecule is C=C(C)COC(=O)c1ccccc1C(=O)O. The van der Waals surface area contributed by atoms with E-state index in [0.29, 0.717) is 5.57 Å². The molecule has 1 aromatic rings. The molecule has 0 unspecified atom stereocenters. The van der Waals surface area contributed by atoms with E-state index in [-0.39, 0.29) is 17.7 Å². The molecule has 0 aliphatic rings. The lowest BCUT2D eigenvalue weighted by molar-refractivity contribution is 0.0528. The normalized spacial score (nSPS) is 9.56. The molecule has 0 atom stereocenters. The first-order chi connectivity index (χ1) is 7.52. The van der Waals surface area contributed by atoms with Crippen LogP contribution in [0.5, 0.6) is 0 Å². The Kier molecular flexibility index (Phi) is 3.83. The van der Waals surface area contributed by atoms with Crippen LogP contribution >= 0.6 is 0 Å². The third-order valence-electron chi connectivity index (χ3n) is 1.83. The highest BCUT2D eigenvalue weighted by molar-refractivity contribution is 6.02. The fraction of sp³-hybridized carbons (Fsp3) is 0.167. The minimum atomic E-state index is -1.15. The fourth-order valence-electron chi connectivity index (χ4n) is 1.11. The average Bonchev–Trinajstić information content (AvgIpc) is 2.25. The summed E-state index contributed by atoms with van der Waals surface area (Å²) in [6.07, 6.45) is 0. The maximum absolute atomic E-state index is 11.5. The highest BCUT2D eigenvalue weighted by Crippen LogP contribution is 2.10. The lowest BCUT2D eigenvalue weighted by Gasteiger charge is -2.06. The van der Waals surface area contributed by atoms with Crippen LogP contribution in [0.15, 0.2) is 36.4 Å². The molecule has 84 valence electrons. The molecule has 4 nitrogen and oxygen atoms in total. The van der Waals surface area contributed by atoms with Gasteiger partial charge in [0.15, 0.2) is 0 Å². The Morgan fingerprint density at radius 3 is 2.38 bits per heavy atom. The topological polar surface area (TPSA) is 63.6 Å². The van der Waals surface area contributed by atoms with Crippen molar-refractivity contribution >= 4 is 11.9 Å². The second-order valence-electron chi connectivity index (χ2n) is 3.38. The van der Waals surface area contributed by atoms with Gasteiger partial charge in [-0.15, -0.1) is 0 Å². The zero-order chi connectivity index (χ0) is 12.1. The standard InChI is InChI=1S/C12H12O4/c1-8(2)7-16-12(15)10-6-4-3-5-9(10)11(13)14/h3-6H,1,7H2,2H3,(H,13,14). The smallest absolute Gasteiger partial charge is 0.339 e. The van der Waals surface area contributed by atoms with Crippen LogP contribution in [0, 0.1) is 0 Å². The fourth-order valence-corrected chi connectivity index (χ4v) is 1.11. The first-order valence-electron chi connectivity index (χ1n) is 4.66. The zero-order valence-corrected chi connectivity index (χ0v) is 8.90. The van der Waals surface area contributed by atoms with E-state index in [0.717, 1.165) is 0 Å². The van der Waals surface area contributed by atoms with Crippen molar-refractivity contribution in [1.82, 2.24) is 0 Å². The van der Waals surface area contributed by atoms with Gasteiger partial charge in [-0.25, -0.2) is 9.59 Å².